The van der Waals surface area contributed by atoms with Crippen molar-refractivity contribution in [2.24, 2.45) is 0 Å². The highest BCUT2D eigenvalue weighted by atomic mass is 19.4. The molecule has 0 spiro atoms. The molecule has 0 bridgehead atoms. The number of pyridine rings is 1. The molecule has 2 unspecified atom stereocenters. The van der Waals surface area contributed by atoms with Crippen LogP contribution in [0.4, 0.5) is 22.0 Å². The Balaban J connectivity index is 1.55. The van der Waals surface area contributed by atoms with Gasteiger partial charge in [0.1, 0.15) is 5.70 Å². The first-order valence-electron chi connectivity index (χ1n) is 10.2. The minimum absolute atomic E-state index is 0.163. The van der Waals surface area contributed by atoms with Gasteiger partial charge in [0.2, 0.25) is 0 Å². The van der Waals surface area contributed by atoms with Crippen LogP contribution in [0.5, 0.6) is 0 Å². The van der Waals surface area contributed by atoms with Gasteiger partial charge in [-0.1, -0.05) is 12.1 Å². The Labute approximate surface area is 185 Å². The minimum Gasteiger partial charge on any atom is -0.351 e. The molecule has 1 fully saturated rings. The molecule has 0 radical (unpaired) electrons. The fourth-order valence-corrected chi connectivity index (χ4v) is 3.84. The van der Waals surface area contributed by atoms with Crippen molar-refractivity contribution in [1.82, 2.24) is 25.4 Å². The second kappa shape index (κ2) is 8.49. The lowest BCUT2D eigenvalue weighted by molar-refractivity contribution is -0.163. The summed E-state index contributed by atoms with van der Waals surface area (Å²) in [6.07, 6.45) is 0.379. The van der Waals surface area contributed by atoms with Crippen LogP contribution in [-0.2, 0) is 9.59 Å². The molecule has 0 saturated carbocycles. The number of nitrogens with one attached hydrogen (secondary N) is 2. The highest BCUT2D eigenvalue weighted by Gasteiger charge is 2.46. The minimum atomic E-state index is -4.82. The quantitative estimate of drug-likeness (QED) is 0.663. The van der Waals surface area contributed by atoms with Crippen LogP contribution in [0.1, 0.15) is 24.6 Å². The second-order valence-electron chi connectivity index (χ2n) is 7.80. The number of alkyl halides is 5. The SMILES string of the molecule is O=C(NC(c1ccccn1)C(F)(F)F)C1=C2C=CC=CN2C(C(=O)N2CCC(F)(F)CC2)N1. The molecule has 1 aromatic rings. The number of carbonyl (C=O) groups is 2. The average Bonchev–Trinajstić information content (AvgIpc) is 3.16. The van der Waals surface area contributed by atoms with Crippen molar-refractivity contribution in [1.29, 1.82) is 0 Å². The number of carbonyl (C=O) groups excluding carboxylic acids is 2. The first-order chi connectivity index (χ1) is 15.6. The number of likely N-dealkylation sites (tertiary alicyclic amines) is 1. The Hall–Kier alpha value is -3.44. The van der Waals surface area contributed by atoms with Crippen molar-refractivity contribution in [2.75, 3.05) is 13.1 Å². The molecule has 1 saturated heterocycles. The molecule has 3 aliphatic heterocycles. The Kier molecular flexibility index (Phi) is 5.85. The van der Waals surface area contributed by atoms with Gasteiger partial charge in [-0.15, -0.1) is 0 Å². The molecule has 0 aliphatic carbocycles. The van der Waals surface area contributed by atoms with Gasteiger partial charge in [-0.3, -0.25) is 14.6 Å². The topological polar surface area (TPSA) is 77.6 Å². The summed E-state index contributed by atoms with van der Waals surface area (Å²) in [5.41, 5.74) is -0.432. The summed E-state index contributed by atoms with van der Waals surface area (Å²) in [4.78, 5) is 32.2. The lowest BCUT2D eigenvalue weighted by Crippen LogP contribution is -2.53. The van der Waals surface area contributed by atoms with E-state index in [1.54, 1.807) is 12.2 Å². The number of rotatable bonds is 4. The van der Waals surface area contributed by atoms with Crippen molar-refractivity contribution in [3.63, 3.8) is 0 Å². The monoisotopic (exact) mass is 469 g/mol. The number of hydrogen-bond acceptors (Lipinski definition) is 5. The van der Waals surface area contributed by atoms with Crippen LogP contribution in [0.2, 0.25) is 0 Å². The molecule has 3 aliphatic rings. The summed E-state index contributed by atoms with van der Waals surface area (Å²) in [5.74, 6) is -4.48. The summed E-state index contributed by atoms with van der Waals surface area (Å²) in [6.45, 7) is -0.325. The number of aromatic nitrogens is 1. The van der Waals surface area contributed by atoms with E-state index in [0.717, 1.165) is 6.07 Å². The third-order valence-corrected chi connectivity index (χ3v) is 5.56. The van der Waals surface area contributed by atoms with Crippen molar-refractivity contribution in [3.8, 4) is 0 Å². The van der Waals surface area contributed by atoms with Gasteiger partial charge in [-0.25, -0.2) is 8.78 Å². The summed E-state index contributed by atoms with van der Waals surface area (Å²) < 4.78 is 67.9. The van der Waals surface area contributed by atoms with Gasteiger partial charge >= 0.3 is 6.18 Å². The zero-order valence-electron chi connectivity index (χ0n) is 17.1. The Bertz CT molecular complexity index is 1010. The van der Waals surface area contributed by atoms with Crippen LogP contribution in [0, 0.1) is 0 Å². The summed E-state index contributed by atoms with van der Waals surface area (Å²) in [6, 6.07) is 1.60. The molecule has 4 heterocycles. The van der Waals surface area contributed by atoms with Crippen LogP contribution in [0.15, 0.2) is 60.2 Å². The third kappa shape index (κ3) is 4.69. The molecular formula is C21H20F5N5O2. The fraction of sp³-hybridized carbons (Fsp3) is 0.381. The van der Waals surface area contributed by atoms with Crippen molar-refractivity contribution in [2.45, 2.75) is 37.1 Å². The predicted octanol–water partition coefficient (Wildman–Crippen LogP) is 2.59. The van der Waals surface area contributed by atoms with Gasteiger partial charge in [-0.05, 0) is 24.3 Å². The molecule has 33 heavy (non-hydrogen) atoms. The molecule has 2 amide bonds. The standard InChI is InChI=1S/C21H20F5N5O2/c22-20(23)7-11-30(12-8-20)19(33)17-28-15(14-6-2-4-10-31(14)17)18(32)29-16(21(24,25)26)13-5-1-3-9-27-13/h1-6,9-10,16-17,28H,7-8,11-12H2,(H,29,32). The number of halogens is 5. The fourth-order valence-electron chi connectivity index (χ4n) is 3.84. The van der Waals surface area contributed by atoms with E-state index in [1.165, 1.54) is 40.4 Å². The maximum atomic E-state index is 13.6. The Morgan fingerprint density at radius 1 is 1.18 bits per heavy atom. The van der Waals surface area contributed by atoms with E-state index in [9.17, 15) is 31.5 Å². The van der Waals surface area contributed by atoms with Crippen molar-refractivity contribution >= 4 is 11.8 Å². The number of hydrogen-bond donors (Lipinski definition) is 2. The number of nitrogens with zero attached hydrogens (tertiary/aromatic N) is 3. The number of fused-ring (bicyclic) bond motifs is 1. The Morgan fingerprint density at radius 3 is 2.55 bits per heavy atom. The van der Waals surface area contributed by atoms with Gasteiger partial charge in [0.15, 0.2) is 12.2 Å². The molecular weight excluding hydrogens is 449 g/mol. The number of amides is 2. The molecule has 176 valence electrons. The van der Waals surface area contributed by atoms with Crippen LogP contribution >= 0.6 is 0 Å². The van der Waals surface area contributed by atoms with Gasteiger partial charge < -0.3 is 20.4 Å². The van der Waals surface area contributed by atoms with E-state index in [0.29, 0.717) is 0 Å². The van der Waals surface area contributed by atoms with Gasteiger partial charge in [0, 0.05) is 38.3 Å². The van der Waals surface area contributed by atoms with Crippen LogP contribution < -0.4 is 10.6 Å². The summed E-state index contributed by atoms with van der Waals surface area (Å²) >= 11 is 0. The van der Waals surface area contributed by atoms with Gasteiger partial charge in [-0.2, -0.15) is 13.2 Å². The third-order valence-electron chi connectivity index (χ3n) is 5.56. The van der Waals surface area contributed by atoms with Crippen LogP contribution in [-0.4, -0.2) is 58.0 Å². The molecule has 7 nitrogen and oxygen atoms in total. The molecule has 2 atom stereocenters. The molecule has 4 rings (SSSR count). The van der Waals surface area contributed by atoms with Gasteiger partial charge in [0.25, 0.3) is 17.7 Å². The average molecular weight is 469 g/mol. The second-order valence-corrected chi connectivity index (χ2v) is 7.80. The Morgan fingerprint density at radius 2 is 1.91 bits per heavy atom. The molecule has 0 aromatic carbocycles. The van der Waals surface area contributed by atoms with Crippen molar-refractivity contribution < 1.29 is 31.5 Å². The van der Waals surface area contributed by atoms with Crippen LogP contribution in [0.3, 0.4) is 0 Å². The van der Waals surface area contributed by atoms with E-state index in [-0.39, 0.29) is 30.2 Å². The lowest BCUT2D eigenvalue weighted by Gasteiger charge is -2.35. The number of piperidine rings is 1. The first-order valence-corrected chi connectivity index (χ1v) is 10.2. The highest BCUT2D eigenvalue weighted by Crippen LogP contribution is 2.34. The van der Waals surface area contributed by atoms with Gasteiger partial charge in [0.05, 0.1) is 11.4 Å². The van der Waals surface area contributed by atoms with E-state index < -0.39 is 49.0 Å². The van der Waals surface area contributed by atoms with Crippen molar-refractivity contribution in [3.05, 3.63) is 65.9 Å². The van der Waals surface area contributed by atoms with E-state index in [2.05, 4.69) is 10.3 Å². The summed E-state index contributed by atoms with van der Waals surface area (Å²) in [5, 5.41) is 4.63. The first kappa shape index (κ1) is 22.7. The largest absolute Gasteiger partial charge is 0.414 e. The maximum Gasteiger partial charge on any atom is 0.414 e. The van der Waals surface area contributed by atoms with E-state index in [4.69, 9.17) is 0 Å². The van der Waals surface area contributed by atoms with Crippen LogP contribution in [0.25, 0.3) is 0 Å². The zero-order valence-corrected chi connectivity index (χ0v) is 17.1. The number of allylic oxidation sites excluding steroid dienone is 3. The molecule has 2 N–H and O–H groups in total. The van der Waals surface area contributed by atoms with E-state index in [1.807, 2.05) is 5.32 Å². The predicted molar refractivity (Wildman–Crippen MR) is 106 cm³/mol. The highest BCUT2D eigenvalue weighted by molar-refractivity contribution is 5.97. The molecule has 1 aromatic heterocycles. The molecule has 12 heteroatoms. The maximum absolute atomic E-state index is 13.6. The summed E-state index contributed by atoms with van der Waals surface area (Å²) in [7, 11) is 0. The lowest BCUT2D eigenvalue weighted by atomic mass is 10.1. The van der Waals surface area contributed by atoms with E-state index >= 15 is 0 Å². The normalized spacial score (nSPS) is 22.6. The smallest absolute Gasteiger partial charge is 0.351 e. The zero-order chi connectivity index (χ0) is 23.8.